The lowest BCUT2D eigenvalue weighted by Gasteiger charge is -2.17. The van der Waals surface area contributed by atoms with Crippen LogP contribution in [0.25, 0.3) is 11.2 Å². The number of aromatic nitrogens is 3. The molecule has 0 radical (unpaired) electrons. The van der Waals surface area contributed by atoms with Crippen molar-refractivity contribution >= 4 is 17.1 Å². The van der Waals surface area contributed by atoms with Crippen LogP contribution < -0.4 is 4.74 Å². The van der Waals surface area contributed by atoms with Gasteiger partial charge in [-0.1, -0.05) is 0 Å². The summed E-state index contributed by atoms with van der Waals surface area (Å²) in [6, 6.07) is 11.1. The number of likely N-dealkylation sites (tertiary alicyclic amines) is 1. The normalized spacial score (nSPS) is 16.6. The molecule has 1 aromatic carbocycles. The summed E-state index contributed by atoms with van der Waals surface area (Å²) in [7, 11) is 3.31. The second-order valence-electron chi connectivity index (χ2n) is 6.93. The van der Waals surface area contributed by atoms with Gasteiger partial charge in [-0.05, 0) is 42.8 Å². The summed E-state index contributed by atoms with van der Waals surface area (Å²) in [6.07, 6.45) is 2.67. The maximum atomic E-state index is 12.9. The summed E-state index contributed by atoms with van der Waals surface area (Å²) in [5.41, 5.74) is 2.43. The summed E-state index contributed by atoms with van der Waals surface area (Å²) < 4.78 is 12.6. The van der Waals surface area contributed by atoms with Gasteiger partial charge in [-0.25, -0.2) is 9.97 Å². The number of ether oxygens (including phenoxy) is 2. The Morgan fingerprint density at radius 3 is 2.79 bits per heavy atom. The van der Waals surface area contributed by atoms with Gasteiger partial charge >= 0.3 is 0 Å². The van der Waals surface area contributed by atoms with E-state index in [-0.39, 0.29) is 11.8 Å². The Morgan fingerprint density at radius 1 is 1.21 bits per heavy atom. The molecule has 0 spiro atoms. The van der Waals surface area contributed by atoms with Crippen molar-refractivity contribution < 1.29 is 14.3 Å². The number of nitrogens with zero attached hydrogens (tertiary/aromatic N) is 4. The molecular formula is C21H24N4O3. The minimum absolute atomic E-state index is 0.0443. The zero-order valence-electron chi connectivity index (χ0n) is 16.2. The molecule has 1 aliphatic rings. The van der Waals surface area contributed by atoms with Crippen LogP contribution in [0.1, 0.15) is 28.5 Å². The first kappa shape index (κ1) is 18.4. The second-order valence-corrected chi connectivity index (χ2v) is 6.93. The van der Waals surface area contributed by atoms with E-state index in [0.29, 0.717) is 25.3 Å². The molecule has 4 rings (SSSR count). The van der Waals surface area contributed by atoms with Gasteiger partial charge in [0.15, 0.2) is 5.65 Å². The van der Waals surface area contributed by atoms with Gasteiger partial charge in [0.1, 0.15) is 17.1 Å². The van der Waals surface area contributed by atoms with E-state index >= 15 is 0 Å². The highest BCUT2D eigenvalue weighted by Gasteiger charge is 2.31. The number of benzene rings is 1. The molecule has 1 aliphatic heterocycles. The third kappa shape index (κ3) is 3.45. The van der Waals surface area contributed by atoms with Crippen LogP contribution in [0.4, 0.5) is 0 Å². The van der Waals surface area contributed by atoms with E-state index < -0.39 is 0 Å². The number of hydrogen-bond acceptors (Lipinski definition) is 5. The highest BCUT2D eigenvalue weighted by Crippen LogP contribution is 2.30. The predicted molar refractivity (Wildman–Crippen MR) is 106 cm³/mol. The first-order chi connectivity index (χ1) is 13.7. The fourth-order valence-electron chi connectivity index (χ4n) is 3.76. The number of methoxy groups -OCH3 is 2. The molecule has 2 aromatic heterocycles. The van der Waals surface area contributed by atoms with Gasteiger partial charge in [-0.3, -0.25) is 4.79 Å². The highest BCUT2D eigenvalue weighted by atomic mass is 16.5. The van der Waals surface area contributed by atoms with Crippen LogP contribution in [-0.4, -0.2) is 59.3 Å². The van der Waals surface area contributed by atoms with Crippen molar-refractivity contribution in [3.63, 3.8) is 0 Å². The Hall–Kier alpha value is -2.93. The fourth-order valence-corrected chi connectivity index (χ4v) is 3.76. The minimum atomic E-state index is 0.0443. The molecule has 1 atom stereocenters. The van der Waals surface area contributed by atoms with Crippen molar-refractivity contribution in [1.82, 2.24) is 19.4 Å². The van der Waals surface area contributed by atoms with Crippen LogP contribution in [0.5, 0.6) is 5.75 Å². The molecule has 1 amide bonds. The Balaban J connectivity index is 1.55. The molecule has 0 aliphatic carbocycles. The molecule has 0 N–H and O–H groups in total. The number of carbonyl (C=O) groups is 1. The van der Waals surface area contributed by atoms with Crippen molar-refractivity contribution in [2.24, 2.45) is 0 Å². The van der Waals surface area contributed by atoms with Crippen molar-refractivity contribution in [3.05, 3.63) is 54.0 Å². The summed E-state index contributed by atoms with van der Waals surface area (Å²) in [5, 5.41) is 0. The van der Waals surface area contributed by atoms with Gasteiger partial charge in [-0.2, -0.15) is 0 Å². The maximum Gasteiger partial charge on any atom is 0.253 e. The van der Waals surface area contributed by atoms with Crippen LogP contribution in [0, 0.1) is 0 Å². The standard InChI is InChI=1S/C21H24N4O3/c1-27-13-12-25-19(23-18-4-3-10-22-20(18)25)16-9-11-24(14-16)21(26)15-5-7-17(28-2)8-6-15/h3-8,10,16H,9,11-14H2,1-2H3/t16-/m0/s1. The topological polar surface area (TPSA) is 69.5 Å². The third-order valence-corrected chi connectivity index (χ3v) is 5.23. The van der Waals surface area contributed by atoms with Crippen molar-refractivity contribution in [2.75, 3.05) is 33.9 Å². The molecule has 1 fully saturated rings. The van der Waals surface area contributed by atoms with Crippen LogP contribution in [0.15, 0.2) is 42.6 Å². The summed E-state index contributed by atoms with van der Waals surface area (Å²) >= 11 is 0. The number of amides is 1. The Labute approximate surface area is 163 Å². The molecule has 7 heteroatoms. The number of pyridine rings is 1. The SMILES string of the molecule is COCCn1c([C@H]2CCN(C(=O)c3ccc(OC)cc3)C2)nc2cccnc21. The second kappa shape index (κ2) is 7.98. The lowest BCUT2D eigenvalue weighted by atomic mass is 10.1. The van der Waals surface area contributed by atoms with Crippen LogP contribution >= 0.6 is 0 Å². The largest absolute Gasteiger partial charge is 0.497 e. The van der Waals surface area contributed by atoms with Gasteiger partial charge in [0, 0.05) is 44.4 Å². The molecular weight excluding hydrogens is 356 g/mol. The molecule has 7 nitrogen and oxygen atoms in total. The van der Waals surface area contributed by atoms with E-state index in [4.69, 9.17) is 14.5 Å². The molecule has 1 saturated heterocycles. The van der Waals surface area contributed by atoms with Gasteiger partial charge < -0.3 is 18.9 Å². The molecule has 3 heterocycles. The minimum Gasteiger partial charge on any atom is -0.497 e. The van der Waals surface area contributed by atoms with Gasteiger partial charge in [-0.15, -0.1) is 0 Å². The smallest absolute Gasteiger partial charge is 0.253 e. The number of rotatable bonds is 6. The molecule has 0 saturated carbocycles. The third-order valence-electron chi connectivity index (χ3n) is 5.23. The van der Waals surface area contributed by atoms with Crippen LogP contribution in [0.3, 0.4) is 0 Å². The molecule has 0 bridgehead atoms. The zero-order chi connectivity index (χ0) is 19.5. The van der Waals surface area contributed by atoms with Crippen molar-refractivity contribution in [3.8, 4) is 5.75 Å². The Bertz CT molecular complexity index is 967. The lowest BCUT2D eigenvalue weighted by Crippen LogP contribution is -2.28. The van der Waals surface area contributed by atoms with Crippen molar-refractivity contribution in [1.29, 1.82) is 0 Å². The summed E-state index contributed by atoms with van der Waals surface area (Å²) in [4.78, 5) is 24.1. The van der Waals surface area contributed by atoms with Gasteiger partial charge in [0.2, 0.25) is 0 Å². The maximum absolute atomic E-state index is 12.9. The summed E-state index contributed by atoms with van der Waals surface area (Å²) in [6.45, 7) is 2.66. The molecule has 28 heavy (non-hydrogen) atoms. The number of hydrogen-bond donors (Lipinski definition) is 0. The predicted octanol–water partition coefficient (Wildman–Crippen LogP) is 2.72. The zero-order valence-corrected chi connectivity index (χ0v) is 16.2. The average Bonchev–Trinajstić information content (AvgIpc) is 3.36. The van der Waals surface area contributed by atoms with Crippen LogP contribution in [0.2, 0.25) is 0 Å². The fraction of sp³-hybridized carbons (Fsp3) is 0.381. The monoisotopic (exact) mass is 380 g/mol. The van der Waals surface area contributed by atoms with E-state index in [1.807, 2.05) is 41.3 Å². The first-order valence-corrected chi connectivity index (χ1v) is 9.44. The Kier molecular flexibility index (Phi) is 5.25. The van der Waals surface area contributed by atoms with E-state index in [9.17, 15) is 4.79 Å². The van der Waals surface area contributed by atoms with E-state index in [0.717, 1.165) is 35.7 Å². The number of imidazole rings is 1. The van der Waals surface area contributed by atoms with Crippen LogP contribution in [-0.2, 0) is 11.3 Å². The number of carbonyl (C=O) groups excluding carboxylic acids is 1. The number of fused-ring (bicyclic) bond motifs is 1. The lowest BCUT2D eigenvalue weighted by molar-refractivity contribution is 0.0790. The van der Waals surface area contributed by atoms with E-state index in [1.54, 1.807) is 20.4 Å². The molecule has 3 aromatic rings. The Morgan fingerprint density at radius 2 is 2.04 bits per heavy atom. The average molecular weight is 380 g/mol. The quantitative estimate of drug-likeness (QED) is 0.658. The van der Waals surface area contributed by atoms with Crippen molar-refractivity contribution in [2.45, 2.75) is 18.9 Å². The van der Waals surface area contributed by atoms with E-state index in [1.165, 1.54) is 0 Å². The first-order valence-electron chi connectivity index (χ1n) is 9.44. The van der Waals surface area contributed by atoms with Gasteiger partial charge in [0.25, 0.3) is 5.91 Å². The summed E-state index contributed by atoms with van der Waals surface area (Å²) in [5.74, 6) is 1.96. The molecule has 146 valence electrons. The molecule has 0 unspecified atom stereocenters. The highest BCUT2D eigenvalue weighted by molar-refractivity contribution is 5.94. The van der Waals surface area contributed by atoms with E-state index in [2.05, 4.69) is 9.55 Å². The van der Waals surface area contributed by atoms with Gasteiger partial charge in [0.05, 0.1) is 13.7 Å².